The number of urea groups is 1. The second-order valence-corrected chi connectivity index (χ2v) is 8.94. The normalized spacial score (nSPS) is 18.6. The summed E-state index contributed by atoms with van der Waals surface area (Å²) in [6.07, 6.45) is -1.42. The number of aromatic nitrogens is 3. The zero-order valence-corrected chi connectivity index (χ0v) is 19.2. The predicted octanol–water partition coefficient (Wildman–Crippen LogP) is 4.86. The van der Waals surface area contributed by atoms with Crippen molar-refractivity contribution in [3.05, 3.63) is 69.0 Å². The van der Waals surface area contributed by atoms with Crippen molar-refractivity contribution < 1.29 is 27.1 Å². The highest BCUT2D eigenvalue weighted by molar-refractivity contribution is 6.33. The summed E-state index contributed by atoms with van der Waals surface area (Å²) in [5.74, 6) is -1.000. The van der Waals surface area contributed by atoms with Gasteiger partial charge in [0, 0.05) is 35.5 Å². The number of anilines is 1. The topological polar surface area (TPSA) is 100 Å². The maximum atomic E-state index is 15.0. The molecule has 0 saturated carbocycles. The molecule has 1 saturated heterocycles. The van der Waals surface area contributed by atoms with E-state index in [1.807, 2.05) is 0 Å². The molecule has 2 amide bonds. The van der Waals surface area contributed by atoms with E-state index in [0.717, 1.165) is 18.1 Å². The third kappa shape index (κ3) is 4.72. The number of hydrogen-bond acceptors (Lipinski definition) is 5. The van der Waals surface area contributed by atoms with Gasteiger partial charge in [0.1, 0.15) is 5.82 Å². The number of carbonyl (C=O) groups is 1. The fraction of sp³-hybridized carbons (Fsp3) is 0.304. The fourth-order valence-corrected chi connectivity index (χ4v) is 4.91. The van der Waals surface area contributed by atoms with Gasteiger partial charge >= 0.3 is 12.2 Å². The van der Waals surface area contributed by atoms with E-state index >= 15 is 0 Å². The van der Waals surface area contributed by atoms with Crippen molar-refractivity contribution in [2.24, 2.45) is 0 Å². The lowest BCUT2D eigenvalue weighted by Gasteiger charge is -2.35. The van der Waals surface area contributed by atoms with E-state index in [0.29, 0.717) is 24.1 Å². The van der Waals surface area contributed by atoms with Crippen molar-refractivity contribution in [3.8, 4) is 17.0 Å². The number of carbonyl (C=O) groups excluding carboxylic acids is 1. The van der Waals surface area contributed by atoms with Crippen LogP contribution in [0.5, 0.6) is 5.88 Å². The first-order valence-corrected chi connectivity index (χ1v) is 11.3. The van der Waals surface area contributed by atoms with E-state index in [1.165, 1.54) is 30.5 Å². The second-order valence-electron chi connectivity index (χ2n) is 8.53. The molecule has 2 aromatic heterocycles. The molecular weight excluding hydrogens is 506 g/mol. The first-order chi connectivity index (χ1) is 17.1. The Labute approximate surface area is 206 Å². The first kappa shape index (κ1) is 24.0. The molecule has 36 heavy (non-hydrogen) atoms. The minimum absolute atomic E-state index is 0.101. The minimum atomic E-state index is -4.50. The van der Waals surface area contributed by atoms with Gasteiger partial charge < -0.3 is 15.0 Å². The van der Waals surface area contributed by atoms with Crippen molar-refractivity contribution >= 4 is 23.3 Å². The number of hydrogen-bond donors (Lipinski definition) is 2. The zero-order chi connectivity index (χ0) is 25.6. The number of H-pyrrole nitrogens is 1. The predicted molar refractivity (Wildman–Crippen MR) is 121 cm³/mol. The summed E-state index contributed by atoms with van der Waals surface area (Å²) in [4.78, 5) is 30.1. The monoisotopic (exact) mass is 523 g/mol. The minimum Gasteiger partial charge on any atom is -0.468 e. The summed E-state index contributed by atoms with van der Waals surface area (Å²) < 4.78 is 56.4. The molecule has 2 bridgehead atoms. The van der Waals surface area contributed by atoms with Crippen LogP contribution in [0, 0.1) is 5.82 Å². The molecule has 1 aromatic carbocycles. The number of alkyl halides is 3. The van der Waals surface area contributed by atoms with Crippen LogP contribution < -0.4 is 15.6 Å². The van der Waals surface area contributed by atoms with Gasteiger partial charge in [-0.1, -0.05) is 11.6 Å². The number of fused-ring (bicyclic) bond motifs is 4. The van der Waals surface area contributed by atoms with E-state index in [4.69, 9.17) is 11.6 Å². The molecular formula is C23H18ClF4N5O3. The van der Waals surface area contributed by atoms with Crippen molar-refractivity contribution in [1.29, 1.82) is 0 Å². The van der Waals surface area contributed by atoms with Crippen LogP contribution in [0.15, 0.2) is 41.3 Å². The molecule has 188 valence electrons. The molecule has 0 spiro atoms. The number of benzene rings is 1. The van der Waals surface area contributed by atoms with Gasteiger partial charge in [-0.15, -0.1) is 0 Å². The average molecular weight is 524 g/mol. The van der Waals surface area contributed by atoms with Crippen LogP contribution in [-0.4, -0.2) is 44.9 Å². The second kappa shape index (κ2) is 9.08. The lowest BCUT2D eigenvalue weighted by molar-refractivity contribution is -0.154. The van der Waals surface area contributed by atoms with E-state index in [9.17, 15) is 27.2 Å². The van der Waals surface area contributed by atoms with Crippen LogP contribution in [0.2, 0.25) is 5.02 Å². The molecule has 2 N–H and O–H groups in total. The highest BCUT2D eigenvalue weighted by Crippen LogP contribution is 2.42. The molecule has 0 aliphatic carbocycles. The van der Waals surface area contributed by atoms with Crippen LogP contribution >= 0.6 is 11.6 Å². The Balaban J connectivity index is 1.32. The number of pyridine rings is 1. The molecule has 2 aliphatic rings. The lowest BCUT2D eigenvalue weighted by Crippen LogP contribution is -2.45. The molecule has 1 fully saturated rings. The maximum Gasteiger partial charge on any atom is 0.422 e. The largest absolute Gasteiger partial charge is 0.468 e. The number of amides is 2. The first-order valence-electron chi connectivity index (χ1n) is 10.9. The molecule has 5 rings (SSSR count). The van der Waals surface area contributed by atoms with Crippen molar-refractivity contribution in [3.63, 3.8) is 0 Å². The molecule has 13 heteroatoms. The van der Waals surface area contributed by atoms with Gasteiger partial charge in [-0.3, -0.25) is 4.79 Å². The standard InChI is InChI=1S/C23H18ClF4N5O3/c24-15-8-17(16(25)7-14(15)11-1-4-20(29-9-11)36-10-23(26,27)28)30-22(35)33-13-2-3-18(33)21-12(5-13)6-19(34)31-32-21/h1,4,6-9,13,18H,2-3,5,10H2,(H,30,35)(H,31,34)/t13-,18?/m0/s1. The summed E-state index contributed by atoms with van der Waals surface area (Å²) in [6, 6.07) is 5.48. The summed E-state index contributed by atoms with van der Waals surface area (Å²) in [7, 11) is 0. The highest BCUT2D eigenvalue weighted by atomic mass is 35.5. The number of aromatic amines is 1. The Hall–Kier alpha value is -3.67. The molecule has 2 atom stereocenters. The van der Waals surface area contributed by atoms with Crippen LogP contribution in [0.25, 0.3) is 11.1 Å². The lowest BCUT2D eigenvalue weighted by atomic mass is 9.99. The number of nitrogens with zero attached hydrogens (tertiary/aromatic N) is 3. The van der Waals surface area contributed by atoms with E-state index in [2.05, 4.69) is 25.2 Å². The van der Waals surface area contributed by atoms with Crippen molar-refractivity contribution in [2.45, 2.75) is 37.5 Å². The Morgan fingerprint density at radius 1 is 1.25 bits per heavy atom. The van der Waals surface area contributed by atoms with E-state index in [1.54, 1.807) is 4.90 Å². The van der Waals surface area contributed by atoms with Gasteiger partial charge in [0.2, 0.25) is 5.88 Å². The third-order valence-electron chi connectivity index (χ3n) is 6.16. The number of nitrogens with one attached hydrogen (secondary N) is 2. The quantitative estimate of drug-likeness (QED) is 0.476. The Kier molecular flexibility index (Phi) is 6.07. The van der Waals surface area contributed by atoms with Crippen molar-refractivity contribution in [2.75, 3.05) is 11.9 Å². The SMILES string of the molecule is O=C(Nc1cc(Cl)c(-c2ccc(OCC(F)(F)F)nc2)cc1F)N1C2CC[C@H]1Cc1cc(=O)[nH]nc12. The van der Waals surface area contributed by atoms with Crippen LogP contribution in [0.4, 0.5) is 28.0 Å². The highest BCUT2D eigenvalue weighted by Gasteiger charge is 2.44. The van der Waals surface area contributed by atoms with E-state index in [-0.39, 0.29) is 39.8 Å². The number of halogens is 5. The summed E-state index contributed by atoms with van der Waals surface area (Å²) in [5.41, 5.74) is 1.58. The summed E-state index contributed by atoms with van der Waals surface area (Å²) in [6.45, 7) is -1.48. The zero-order valence-electron chi connectivity index (χ0n) is 18.4. The van der Waals surface area contributed by atoms with Gasteiger partial charge in [-0.05, 0) is 43.0 Å². The molecule has 4 heterocycles. The third-order valence-corrected chi connectivity index (χ3v) is 6.47. The molecule has 3 aromatic rings. The Morgan fingerprint density at radius 3 is 2.78 bits per heavy atom. The Morgan fingerprint density at radius 2 is 2.06 bits per heavy atom. The Bertz CT molecular complexity index is 1380. The molecule has 1 unspecified atom stereocenters. The van der Waals surface area contributed by atoms with Gasteiger partial charge in [0.05, 0.1) is 22.4 Å². The summed E-state index contributed by atoms with van der Waals surface area (Å²) >= 11 is 6.33. The fourth-order valence-electron chi connectivity index (χ4n) is 4.64. The molecule has 8 nitrogen and oxygen atoms in total. The number of ether oxygens (including phenoxy) is 1. The molecule has 0 radical (unpaired) electrons. The van der Waals surface area contributed by atoms with Gasteiger partial charge in [0.15, 0.2) is 6.61 Å². The van der Waals surface area contributed by atoms with Crippen molar-refractivity contribution in [1.82, 2.24) is 20.1 Å². The number of rotatable bonds is 4. The van der Waals surface area contributed by atoms with Crippen LogP contribution in [-0.2, 0) is 6.42 Å². The smallest absolute Gasteiger partial charge is 0.422 e. The van der Waals surface area contributed by atoms with Crippen LogP contribution in [0.1, 0.15) is 30.1 Å². The van der Waals surface area contributed by atoms with Gasteiger partial charge in [-0.2, -0.15) is 18.3 Å². The van der Waals surface area contributed by atoms with Gasteiger partial charge in [0.25, 0.3) is 5.56 Å². The average Bonchev–Trinajstić information content (AvgIpc) is 3.14. The van der Waals surface area contributed by atoms with E-state index < -0.39 is 24.6 Å². The maximum absolute atomic E-state index is 15.0. The van der Waals surface area contributed by atoms with Crippen LogP contribution in [0.3, 0.4) is 0 Å². The van der Waals surface area contributed by atoms with Gasteiger partial charge in [-0.25, -0.2) is 19.3 Å². The summed E-state index contributed by atoms with van der Waals surface area (Å²) in [5, 5.41) is 9.19. The molecule has 2 aliphatic heterocycles.